The van der Waals surface area contributed by atoms with E-state index >= 15 is 0 Å². The molecule has 0 aliphatic heterocycles. The van der Waals surface area contributed by atoms with Crippen molar-refractivity contribution in [2.45, 2.75) is 0 Å². The number of hydrogen-bond acceptors (Lipinski definition) is 3. The van der Waals surface area contributed by atoms with Crippen LogP contribution in [-0.2, 0) is 0 Å². The lowest BCUT2D eigenvalue weighted by Gasteiger charge is -1.94. The Balaban J connectivity index is 2.95. The molecule has 0 atom stereocenters. The third kappa shape index (κ3) is 0.964. The second kappa shape index (κ2) is 2.38. The molecule has 0 amide bonds. The summed E-state index contributed by atoms with van der Waals surface area (Å²) in [6, 6.07) is 4.63. The summed E-state index contributed by atoms with van der Waals surface area (Å²) in [5.41, 5.74) is 0.463. The van der Waals surface area contributed by atoms with E-state index in [0.717, 1.165) is 4.73 Å². The van der Waals surface area contributed by atoms with Crippen LogP contribution in [-0.4, -0.2) is 14.9 Å². The molecule has 0 aliphatic rings. The van der Waals surface area contributed by atoms with Gasteiger partial charge in [0.1, 0.15) is 17.1 Å². The number of pyridine rings is 1. The van der Waals surface area contributed by atoms with Crippen LogP contribution in [0.1, 0.15) is 5.56 Å². The van der Waals surface area contributed by atoms with Crippen molar-refractivity contribution in [2.75, 3.05) is 0 Å². The minimum absolute atomic E-state index is 0.0125. The van der Waals surface area contributed by atoms with E-state index in [1.807, 2.05) is 0 Å². The van der Waals surface area contributed by atoms with Gasteiger partial charge in [0.05, 0.1) is 5.52 Å². The molecule has 0 unspecified atom stereocenters. The van der Waals surface area contributed by atoms with Crippen LogP contribution >= 0.6 is 0 Å². The lowest BCUT2D eigenvalue weighted by atomic mass is 10.3. The number of hydrogen-bond donors (Lipinski definition) is 2. The summed E-state index contributed by atoms with van der Waals surface area (Å²) < 4.78 is 0.853. The van der Waals surface area contributed by atoms with Gasteiger partial charge in [0.25, 0.3) is 5.56 Å². The first-order valence-corrected chi connectivity index (χ1v) is 3.56. The Kier molecular flexibility index (Phi) is 1.36. The van der Waals surface area contributed by atoms with Gasteiger partial charge < -0.3 is 10.2 Å². The van der Waals surface area contributed by atoms with Crippen LogP contribution in [0.4, 0.5) is 0 Å². The van der Waals surface area contributed by atoms with E-state index in [2.05, 4.69) is 4.98 Å². The van der Waals surface area contributed by atoms with E-state index in [9.17, 15) is 10.0 Å². The first kappa shape index (κ1) is 7.43. The van der Waals surface area contributed by atoms with Crippen molar-refractivity contribution in [3.8, 4) is 6.07 Å². The molecule has 5 nitrogen and oxygen atoms in total. The van der Waals surface area contributed by atoms with E-state index in [1.165, 1.54) is 12.3 Å². The highest BCUT2D eigenvalue weighted by molar-refractivity contribution is 5.76. The molecule has 0 aliphatic carbocycles. The van der Waals surface area contributed by atoms with Crippen molar-refractivity contribution in [1.29, 1.82) is 5.26 Å². The second-order valence-electron chi connectivity index (χ2n) is 2.58. The number of aromatic amines is 1. The highest BCUT2D eigenvalue weighted by atomic mass is 16.5. The molecule has 2 aromatic heterocycles. The molecule has 13 heavy (non-hydrogen) atoms. The van der Waals surface area contributed by atoms with Gasteiger partial charge in [0, 0.05) is 6.20 Å². The van der Waals surface area contributed by atoms with Gasteiger partial charge in [-0.25, -0.2) is 0 Å². The van der Waals surface area contributed by atoms with Crippen LogP contribution in [0.3, 0.4) is 0 Å². The van der Waals surface area contributed by atoms with E-state index in [0.29, 0.717) is 11.0 Å². The van der Waals surface area contributed by atoms with E-state index in [1.54, 1.807) is 12.1 Å². The summed E-state index contributed by atoms with van der Waals surface area (Å²) in [7, 11) is 0. The molecule has 0 radical (unpaired) electrons. The Morgan fingerprint density at radius 2 is 2.38 bits per heavy atom. The normalized spacial score (nSPS) is 10.1. The van der Waals surface area contributed by atoms with Crippen molar-refractivity contribution in [3.63, 3.8) is 0 Å². The zero-order valence-corrected chi connectivity index (χ0v) is 6.48. The largest absolute Gasteiger partial charge is 0.428 e. The Morgan fingerprint density at radius 3 is 3.08 bits per heavy atom. The predicted molar refractivity (Wildman–Crippen MR) is 44.5 cm³/mol. The van der Waals surface area contributed by atoms with Gasteiger partial charge in [-0.1, -0.05) is 0 Å². The van der Waals surface area contributed by atoms with Crippen LogP contribution in [0, 0.1) is 11.3 Å². The highest BCUT2D eigenvalue weighted by Crippen LogP contribution is 2.09. The Bertz CT molecular complexity index is 559. The van der Waals surface area contributed by atoms with Crippen LogP contribution in [0.5, 0.6) is 0 Å². The molecule has 2 rings (SSSR count). The highest BCUT2D eigenvalue weighted by Gasteiger charge is 2.04. The molecule has 0 fully saturated rings. The van der Waals surface area contributed by atoms with Gasteiger partial charge >= 0.3 is 0 Å². The summed E-state index contributed by atoms with van der Waals surface area (Å²) >= 11 is 0. The van der Waals surface area contributed by atoms with Gasteiger partial charge in [0.2, 0.25) is 0 Å². The molecule has 5 heteroatoms. The zero-order chi connectivity index (χ0) is 9.42. The lowest BCUT2D eigenvalue weighted by Crippen LogP contribution is -2.09. The van der Waals surface area contributed by atoms with Crippen LogP contribution in [0.15, 0.2) is 23.1 Å². The molecule has 2 N–H and O–H groups in total. The summed E-state index contributed by atoms with van der Waals surface area (Å²) in [6.45, 7) is 0. The molecule has 64 valence electrons. The maximum Gasteiger partial charge on any atom is 0.266 e. The quantitative estimate of drug-likeness (QED) is 0.570. The Labute approximate surface area is 72.4 Å². The summed E-state index contributed by atoms with van der Waals surface area (Å²) in [6.07, 6.45) is 1.39. The molecule has 2 heterocycles. The number of nitriles is 1. The predicted octanol–water partition coefficient (Wildman–Crippen LogP) is 0.439. The maximum absolute atomic E-state index is 11.1. The molecule has 0 saturated carbocycles. The van der Waals surface area contributed by atoms with Gasteiger partial charge in [-0.2, -0.15) is 9.99 Å². The molecule has 0 saturated heterocycles. The minimum atomic E-state index is -0.443. The molecule has 0 aromatic carbocycles. The fraction of sp³-hybridized carbons (Fsp3) is 0. The van der Waals surface area contributed by atoms with Gasteiger partial charge in [0.15, 0.2) is 0 Å². The molecular weight excluding hydrogens is 170 g/mol. The molecule has 2 aromatic rings. The van der Waals surface area contributed by atoms with E-state index in [4.69, 9.17) is 5.26 Å². The minimum Gasteiger partial charge on any atom is -0.428 e. The standard InChI is InChI=1S/C8H5N3O2/c9-4-5-3-7-6(10-8(5)12)1-2-11(7)13/h1-3,13H,(H,10,12). The van der Waals surface area contributed by atoms with Crippen molar-refractivity contribution < 1.29 is 5.21 Å². The van der Waals surface area contributed by atoms with Gasteiger partial charge in [-0.3, -0.25) is 4.79 Å². The number of rotatable bonds is 0. The first-order valence-electron chi connectivity index (χ1n) is 3.56. The van der Waals surface area contributed by atoms with Crippen molar-refractivity contribution in [2.24, 2.45) is 0 Å². The fourth-order valence-corrected chi connectivity index (χ4v) is 1.16. The topological polar surface area (TPSA) is 81.8 Å². The molecular formula is C8H5N3O2. The Morgan fingerprint density at radius 1 is 1.62 bits per heavy atom. The van der Waals surface area contributed by atoms with Gasteiger partial charge in [-0.15, -0.1) is 0 Å². The van der Waals surface area contributed by atoms with Crippen molar-refractivity contribution in [3.05, 3.63) is 34.2 Å². The lowest BCUT2D eigenvalue weighted by molar-refractivity contribution is 0.200. The molecule has 0 bridgehead atoms. The SMILES string of the molecule is N#Cc1cc2c(ccn2O)[nH]c1=O. The summed E-state index contributed by atoms with van der Waals surface area (Å²) in [5, 5.41) is 17.8. The smallest absolute Gasteiger partial charge is 0.266 e. The van der Waals surface area contributed by atoms with Crippen molar-refractivity contribution in [1.82, 2.24) is 9.71 Å². The second-order valence-corrected chi connectivity index (χ2v) is 2.58. The summed E-state index contributed by atoms with van der Waals surface area (Å²) in [4.78, 5) is 13.6. The number of nitrogens with zero attached hydrogens (tertiary/aromatic N) is 2. The first-order chi connectivity index (χ1) is 6.22. The van der Waals surface area contributed by atoms with E-state index < -0.39 is 5.56 Å². The fourth-order valence-electron chi connectivity index (χ4n) is 1.16. The number of fused-ring (bicyclic) bond motifs is 1. The third-order valence-corrected chi connectivity index (χ3v) is 1.80. The summed E-state index contributed by atoms with van der Waals surface area (Å²) in [5.74, 6) is 0. The average Bonchev–Trinajstić information content (AvgIpc) is 2.46. The van der Waals surface area contributed by atoms with E-state index in [-0.39, 0.29) is 5.56 Å². The zero-order valence-electron chi connectivity index (χ0n) is 6.48. The molecule has 0 spiro atoms. The monoisotopic (exact) mass is 175 g/mol. The number of H-pyrrole nitrogens is 1. The maximum atomic E-state index is 11.1. The van der Waals surface area contributed by atoms with Crippen molar-refractivity contribution >= 4 is 11.0 Å². The van der Waals surface area contributed by atoms with Crippen LogP contribution in [0.2, 0.25) is 0 Å². The third-order valence-electron chi connectivity index (χ3n) is 1.80. The average molecular weight is 175 g/mol. The van der Waals surface area contributed by atoms with Crippen LogP contribution in [0.25, 0.3) is 11.0 Å². The Hall–Kier alpha value is -2.22. The van der Waals surface area contributed by atoms with Gasteiger partial charge in [-0.05, 0) is 12.1 Å². The number of nitrogens with one attached hydrogen (secondary N) is 1. The van der Waals surface area contributed by atoms with Crippen LogP contribution < -0.4 is 5.56 Å². The number of aromatic nitrogens is 2.